The molecule has 1 amide bonds. The van der Waals surface area contributed by atoms with E-state index in [4.69, 9.17) is 4.74 Å². The van der Waals surface area contributed by atoms with Crippen LogP contribution in [0.15, 0.2) is 52.1 Å². The third-order valence-electron chi connectivity index (χ3n) is 6.64. The first kappa shape index (κ1) is 23.2. The van der Waals surface area contributed by atoms with E-state index < -0.39 is 16.1 Å². The molecule has 178 valence electrons. The Kier molecular flexibility index (Phi) is 6.28. The van der Waals surface area contributed by atoms with Gasteiger partial charge in [-0.3, -0.25) is 9.59 Å². The Labute approximate surface area is 203 Å². The Morgan fingerprint density at radius 3 is 2.76 bits per heavy atom. The molecule has 34 heavy (non-hydrogen) atoms. The summed E-state index contributed by atoms with van der Waals surface area (Å²) >= 11 is 1.17. The number of carbonyl (C=O) groups is 2. The molecule has 5 rings (SSSR count). The fourth-order valence-electron chi connectivity index (χ4n) is 5.01. The number of rotatable bonds is 8. The molecular formula is C25H26N2O5S2. The van der Waals surface area contributed by atoms with Crippen molar-refractivity contribution >= 4 is 49.5 Å². The van der Waals surface area contributed by atoms with Crippen LogP contribution in [-0.4, -0.2) is 57.3 Å². The van der Waals surface area contributed by atoms with Crippen molar-refractivity contribution in [2.24, 2.45) is 0 Å². The van der Waals surface area contributed by atoms with Crippen LogP contribution in [0.1, 0.15) is 35.2 Å². The second kappa shape index (κ2) is 9.22. The topological polar surface area (TPSA) is 84.0 Å². The number of anilines is 1. The Balaban J connectivity index is 1.46. The molecule has 0 radical (unpaired) electrons. The summed E-state index contributed by atoms with van der Waals surface area (Å²) in [6, 6.07) is 12.0. The number of hydrogen-bond acceptors (Lipinski definition) is 6. The standard InChI is InChI=1S/C25H26N2O5S2/c1-32-14-13-26-21-11-10-17(18-6-4-7-19(24(18)21)25(26)29)16-22(28)20-8-2-3-12-27(20)34(30,31)23-9-5-15-33-23/h4-7,9-11,15,20H,2-3,8,12-14,16H2,1H3. The van der Waals surface area contributed by atoms with Gasteiger partial charge in [-0.15, -0.1) is 11.3 Å². The predicted octanol–water partition coefficient (Wildman–Crippen LogP) is 3.86. The molecule has 1 fully saturated rings. The maximum atomic E-state index is 13.5. The second-order valence-corrected chi connectivity index (χ2v) is 11.7. The first-order valence-corrected chi connectivity index (χ1v) is 13.7. The van der Waals surface area contributed by atoms with Crippen LogP contribution in [0.5, 0.6) is 0 Å². The second-order valence-electron chi connectivity index (χ2n) is 8.62. The van der Waals surface area contributed by atoms with Crippen molar-refractivity contribution in [3.05, 3.63) is 59.0 Å². The summed E-state index contributed by atoms with van der Waals surface area (Å²) in [6.07, 6.45) is 2.20. The van der Waals surface area contributed by atoms with Crippen LogP contribution in [0.2, 0.25) is 0 Å². The average molecular weight is 499 g/mol. The minimum absolute atomic E-state index is 0.0679. The summed E-state index contributed by atoms with van der Waals surface area (Å²) in [5, 5.41) is 3.44. The Bertz CT molecular complexity index is 1350. The van der Waals surface area contributed by atoms with Crippen LogP contribution in [0.4, 0.5) is 5.69 Å². The Morgan fingerprint density at radius 2 is 2.00 bits per heavy atom. The quantitative estimate of drug-likeness (QED) is 0.471. The normalized spacial score (nSPS) is 18.7. The van der Waals surface area contributed by atoms with Gasteiger partial charge in [-0.1, -0.05) is 30.7 Å². The number of piperidine rings is 1. The third kappa shape index (κ3) is 3.86. The van der Waals surface area contributed by atoms with Gasteiger partial charge in [-0.25, -0.2) is 8.42 Å². The number of benzene rings is 2. The molecule has 1 atom stereocenters. The molecule has 1 aromatic heterocycles. The third-order valence-corrected chi connectivity index (χ3v) is 9.92. The van der Waals surface area contributed by atoms with Gasteiger partial charge >= 0.3 is 0 Å². The van der Waals surface area contributed by atoms with Crippen LogP contribution in [0, 0.1) is 0 Å². The summed E-state index contributed by atoms with van der Waals surface area (Å²) in [7, 11) is -2.10. The fraction of sp³-hybridized carbons (Fsp3) is 0.360. The van der Waals surface area contributed by atoms with Crippen molar-refractivity contribution in [3.8, 4) is 0 Å². The van der Waals surface area contributed by atoms with E-state index in [-0.39, 0.29) is 22.3 Å². The SMILES string of the molecule is COCCN1C(=O)c2cccc3c(CC(=O)C4CCCCN4S(=O)(=O)c4cccs4)ccc1c23. The lowest BCUT2D eigenvalue weighted by molar-refractivity contribution is -0.122. The van der Waals surface area contributed by atoms with Gasteiger partial charge in [0, 0.05) is 37.6 Å². The van der Waals surface area contributed by atoms with E-state index in [2.05, 4.69) is 0 Å². The first-order chi connectivity index (χ1) is 16.4. The number of thiophene rings is 1. The molecule has 0 saturated carbocycles. The largest absolute Gasteiger partial charge is 0.383 e. The number of amides is 1. The van der Waals surface area contributed by atoms with Crippen molar-refractivity contribution < 1.29 is 22.7 Å². The molecule has 7 nitrogen and oxygen atoms in total. The van der Waals surface area contributed by atoms with E-state index in [1.165, 1.54) is 15.6 Å². The zero-order valence-electron chi connectivity index (χ0n) is 18.9. The van der Waals surface area contributed by atoms with E-state index in [1.807, 2.05) is 30.3 Å². The van der Waals surface area contributed by atoms with Gasteiger partial charge in [0.15, 0.2) is 5.78 Å². The molecule has 0 N–H and O–H groups in total. The highest BCUT2D eigenvalue weighted by atomic mass is 32.2. The number of sulfonamides is 1. The van der Waals surface area contributed by atoms with Gasteiger partial charge in [0.25, 0.3) is 15.9 Å². The Morgan fingerprint density at radius 1 is 1.15 bits per heavy atom. The van der Waals surface area contributed by atoms with Gasteiger partial charge in [0.05, 0.1) is 18.3 Å². The molecule has 3 aromatic rings. The monoisotopic (exact) mass is 498 g/mol. The van der Waals surface area contributed by atoms with Crippen LogP contribution in [0.25, 0.3) is 10.8 Å². The summed E-state index contributed by atoms with van der Waals surface area (Å²) < 4.78 is 33.3. The number of ketones is 1. The molecule has 2 aromatic carbocycles. The molecule has 0 bridgehead atoms. The molecule has 1 unspecified atom stereocenters. The summed E-state index contributed by atoms with van der Waals surface area (Å²) in [4.78, 5) is 28.2. The number of methoxy groups -OCH3 is 1. The first-order valence-electron chi connectivity index (χ1n) is 11.4. The zero-order valence-corrected chi connectivity index (χ0v) is 20.5. The number of hydrogen-bond donors (Lipinski definition) is 0. The highest BCUT2D eigenvalue weighted by Crippen LogP contribution is 2.39. The lowest BCUT2D eigenvalue weighted by Gasteiger charge is -2.33. The molecular weight excluding hydrogens is 472 g/mol. The van der Waals surface area contributed by atoms with E-state index in [0.29, 0.717) is 31.7 Å². The van der Waals surface area contributed by atoms with Gasteiger partial charge in [0.1, 0.15) is 4.21 Å². The van der Waals surface area contributed by atoms with Gasteiger partial charge in [0.2, 0.25) is 0 Å². The van der Waals surface area contributed by atoms with Crippen molar-refractivity contribution in [1.29, 1.82) is 0 Å². The molecule has 2 aliphatic heterocycles. The van der Waals surface area contributed by atoms with Gasteiger partial charge < -0.3 is 9.64 Å². The predicted molar refractivity (Wildman–Crippen MR) is 132 cm³/mol. The summed E-state index contributed by atoms with van der Waals surface area (Å²) in [6.45, 7) is 1.23. The Hall–Kier alpha value is -2.59. The van der Waals surface area contributed by atoms with E-state index in [0.717, 1.165) is 34.9 Å². The van der Waals surface area contributed by atoms with Crippen molar-refractivity contribution in [3.63, 3.8) is 0 Å². The minimum Gasteiger partial charge on any atom is -0.383 e. The van der Waals surface area contributed by atoms with Gasteiger partial charge in [-0.05, 0) is 47.4 Å². The average Bonchev–Trinajstić information content (AvgIpc) is 3.48. The van der Waals surface area contributed by atoms with Crippen LogP contribution >= 0.6 is 11.3 Å². The molecule has 0 aliphatic carbocycles. The van der Waals surface area contributed by atoms with Crippen molar-refractivity contribution in [2.75, 3.05) is 31.7 Å². The van der Waals surface area contributed by atoms with Crippen LogP contribution in [0.3, 0.4) is 0 Å². The molecule has 1 saturated heterocycles. The number of carbonyl (C=O) groups excluding carboxylic acids is 2. The highest BCUT2D eigenvalue weighted by Gasteiger charge is 2.38. The molecule has 3 heterocycles. The fourth-order valence-corrected chi connectivity index (χ4v) is 7.81. The number of Topliss-reactive ketones (excluding diaryl/α,β-unsaturated/α-hetero) is 1. The minimum atomic E-state index is -3.71. The summed E-state index contributed by atoms with van der Waals surface area (Å²) in [5.41, 5.74) is 2.26. The van der Waals surface area contributed by atoms with Gasteiger partial charge in [-0.2, -0.15) is 4.31 Å². The molecule has 2 aliphatic rings. The lowest BCUT2D eigenvalue weighted by atomic mass is 9.93. The lowest BCUT2D eigenvalue weighted by Crippen LogP contribution is -2.48. The molecule has 0 spiro atoms. The zero-order chi connectivity index (χ0) is 23.9. The van der Waals surface area contributed by atoms with Crippen molar-refractivity contribution in [1.82, 2.24) is 4.31 Å². The maximum Gasteiger partial charge on any atom is 0.259 e. The molecule has 9 heteroatoms. The van der Waals surface area contributed by atoms with E-state index >= 15 is 0 Å². The smallest absolute Gasteiger partial charge is 0.259 e. The number of nitrogens with zero attached hydrogens (tertiary/aromatic N) is 2. The maximum absolute atomic E-state index is 13.5. The summed E-state index contributed by atoms with van der Waals surface area (Å²) in [5.74, 6) is -0.178. The van der Waals surface area contributed by atoms with E-state index in [1.54, 1.807) is 29.5 Å². The number of ether oxygens (including phenoxy) is 1. The van der Waals surface area contributed by atoms with Crippen LogP contribution < -0.4 is 4.90 Å². The van der Waals surface area contributed by atoms with Crippen molar-refractivity contribution in [2.45, 2.75) is 35.9 Å². The van der Waals surface area contributed by atoms with Crippen LogP contribution in [-0.2, 0) is 26.0 Å². The highest BCUT2D eigenvalue weighted by molar-refractivity contribution is 7.91. The van der Waals surface area contributed by atoms with E-state index in [9.17, 15) is 18.0 Å².